The molecule has 0 aromatic heterocycles. The van der Waals surface area contributed by atoms with Gasteiger partial charge in [-0.05, 0) is 37.8 Å². The van der Waals surface area contributed by atoms with Gasteiger partial charge < -0.3 is 9.64 Å². The van der Waals surface area contributed by atoms with Crippen molar-refractivity contribution in [3.8, 4) is 0 Å². The lowest BCUT2D eigenvalue weighted by Gasteiger charge is -2.35. The molecule has 6 nitrogen and oxygen atoms in total. The highest BCUT2D eigenvalue weighted by Gasteiger charge is 2.26. The lowest BCUT2D eigenvalue weighted by atomic mass is 10.00. The van der Waals surface area contributed by atoms with Gasteiger partial charge in [-0.3, -0.25) is 4.79 Å². The van der Waals surface area contributed by atoms with Crippen LogP contribution < -0.4 is 0 Å². The Hall–Kier alpha value is -1.89. The first-order valence-corrected chi connectivity index (χ1v) is 9.99. The first-order valence-electron chi connectivity index (χ1n) is 8.10. The smallest absolute Gasteiger partial charge is 0.339 e. The van der Waals surface area contributed by atoms with Crippen molar-refractivity contribution in [2.24, 2.45) is 0 Å². The minimum atomic E-state index is -3.55. The van der Waals surface area contributed by atoms with E-state index in [1.165, 1.54) is 18.2 Å². The Morgan fingerprint density at radius 1 is 1.25 bits per heavy atom. The third kappa shape index (κ3) is 4.35. The van der Waals surface area contributed by atoms with Gasteiger partial charge in [-0.2, -0.15) is 0 Å². The molecule has 0 N–H and O–H groups in total. The van der Waals surface area contributed by atoms with Crippen LogP contribution in [0.15, 0.2) is 29.2 Å². The number of carbonyl (C=O) groups is 2. The summed E-state index contributed by atoms with van der Waals surface area (Å²) in [5, 5.41) is 0. The molecule has 7 heteroatoms. The molecule has 0 aliphatic carbocycles. The van der Waals surface area contributed by atoms with E-state index in [0.29, 0.717) is 6.54 Å². The monoisotopic (exact) mass is 353 g/mol. The molecule has 1 heterocycles. The summed E-state index contributed by atoms with van der Waals surface area (Å²) in [6.45, 7) is 2.34. The van der Waals surface area contributed by atoms with Crippen LogP contribution in [0.5, 0.6) is 0 Å². The molecule has 1 aliphatic rings. The maximum atomic E-state index is 12.3. The molecule has 1 atom stereocenters. The highest BCUT2D eigenvalue weighted by molar-refractivity contribution is 7.90. The first kappa shape index (κ1) is 18.4. The quantitative estimate of drug-likeness (QED) is 0.757. The maximum absolute atomic E-state index is 12.3. The van der Waals surface area contributed by atoms with Gasteiger partial charge in [0.05, 0.1) is 10.5 Å². The average Bonchev–Trinajstić information content (AvgIpc) is 2.58. The number of esters is 1. The number of sulfone groups is 1. The number of rotatable bonds is 5. The standard InChI is InChI=1S/C17H23NO5S/c1-3-13-8-6-7-11-18(13)16(19)12-23-17(20)14-9-4-5-10-15(14)24(2,21)22/h4-5,9-10,13H,3,6-8,11-12H2,1-2H3/t13-/m1/s1. The van der Waals surface area contributed by atoms with Crippen molar-refractivity contribution in [3.63, 3.8) is 0 Å². The van der Waals surface area contributed by atoms with Crippen molar-refractivity contribution >= 4 is 21.7 Å². The number of amides is 1. The summed E-state index contributed by atoms with van der Waals surface area (Å²) >= 11 is 0. The summed E-state index contributed by atoms with van der Waals surface area (Å²) in [4.78, 5) is 26.2. The Bertz CT molecular complexity index is 713. The number of ether oxygens (including phenoxy) is 1. The molecule has 1 fully saturated rings. The summed E-state index contributed by atoms with van der Waals surface area (Å²) in [5.74, 6) is -1.03. The van der Waals surface area contributed by atoms with Crippen LogP contribution in [-0.4, -0.2) is 50.6 Å². The first-order chi connectivity index (χ1) is 11.3. The predicted molar refractivity (Wildman–Crippen MR) is 89.5 cm³/mol. The average molecular weight is 353 g/mol. The summed E-state index contributed by atoms with van der Waals surface area (Å²) in [7, 11) is -3.55. The van der Waals surface area contributed by atoms with Crippen molar-refractivity contribution in [2.75, 3.05) is 19.4 Å². The van der Waals surface area contributed by atoms with E-state index < -0.39 is 15.8 Å². The van der Waals surface area contributed by atoms with Crippen LogP contribution in [0.2, 0.25) is 0 Å². The molecule has 0 bridgehead atoms. The van der Waals surface area contributed by atoms with Crippen LogP contribution >= 0.6 is 0 Å². The Balaban J connectivity index is 2.05. The van der Waals surface area contributed by atoms with Crippen LogP contribution in [0.3, 0.4) is 0 Å². The summed E-state index contributed by atoms with van der Waals surface area (Å²) < 4.78 is 28.6. The normalized spacial score (nSPS) is 18.2. The fraction of sp³-hybridized carbons (Fsp3) is 0.529. The van der Waals surface area contributed by atoms with E-state index in [0.717, 1.165) is 31.9 Å². The topological polar surface area (TPSA) is 80.8 Å². The fourth-order valence-corrected chi connectivity index (χ4v) is 3.88. The number of benzene rings is 1. The lowest BCUT2D eigenvalue weighted by molar-refractivity contribution is -0.138. The second-order valence-electron chi connectivity index (χ2n) is 5.99. The number of carbonyl (C=O) groups excluding carboxylic acids is 2. The van der Waals surface area contributed by atoms with E-state index in [2.05, 4.69) is 0 Å². The van der Waals surface area contributed by atoms with Gasteiger partial charge in [0.25, 0.3) is 5.91 Å². The lowest BCUT2D eigenvalue weighted by Crippen LogP contribution is -2.45. The van der Waals surface area contributed by atoms with Crippen LogP contribution in [0, 0.1) is 0 Å². The molecule has 1 aromatic carbocycles. The maximum Gasteiger partial charge on any atom is 0.339 e. The molecular weight excluding hydrogens is 330 g/mol. The molecule has 1 amide bonds. The molecule has 0 spiro atoms. The molecular formula is C17H23NO5S. The Kier molecular flexibility index (Phi) is 5.99. The Morgan fingerprint density at radius 2 is 1.96 bits per heavy atom. The van der Waals surface area contributed by atoms with Crippen LogP contribution in [0.1, 0.15) is 43.0 Å². The van der Waals surface area contributed by atoms with E-state index in [9.17, 15) is 18.0 Å². The molecule has 0 radical (unpaired) electrons. The zero-order valence-corrected chi connectivity index (χ0v) is 14.8. The third-order valence-corrected chi connectivity index (χ3v) is 5.41. The minimum Gasteiger partial charge on any atom is -0.452 e. The van der Waals surface area contributed by atoms with Gasteiger partial charge in [0.2, 0.25) is 0 Å². The summed E-state index contributed by atoms with van der Waals surface area (Å²) in [6.07, 6.45) is 4.92. The predicted octanol–water partition coefficient (Wildman–Crippen LogP) is 2.04. The largest absolute Gasteiger partial charge is 0.452 e. The molecule has 2 rings (SSSR count). The van der Waals surface area contributed by atoms with Gasteiger partial charge in [-0.1, -0.05) is 19.1 Å². The summed E-state index contributed by atoms with van der Waals surface area (Å²) in [6, 6.07) is 6.03. The van der Waals surface area contributed by atoms with E-state index in [4.69, 9.17) is 4.74 Å². The zero-order chi connectivity index (χ0) is 17.7. The van der Waals surface area contributed by atoms with Gasteiger partial charge in [-0.25, -0.2) is 13.2 Å². The molecule has 1 saturated heterocycles. The van der Waals surface area contributed by atoms with Gasteiger partial charge >= 0.3 is 5.97 Å². The number of likely N-dealkylation sites (tertiary alicyclic amines) is 1. The highest BCUT2D eigenvalue weighted by Crippen LogP contribution is 2.20. The third-order valence-electron chi connectivity index (χ3n) is 4.25. The van der Waals surface area contributed by atoms with E-state index in [1.54, 1.807) is 11.0 Å². The van der Waals surface area contributed by atoms with Gasteiger partial charge in [0, 0.05) is 18.8 Å². The SMILES string of the molecule is CC[C@@H]1CCCCN1C(=O)COC(=O)c1ccccc1S(C)(=O)=O. The second kappa shape index (κ2) is 7.79. The number of hydrogen-bond acceptors (Lipinski definition) is 5. The molecule has 1 aromatic rings. The minimum absolute atomic E-state index is 0.0431. The van der Waals surface area contributed by atoms with Crippen molar-refractivity contribution in [1.82, 2.24) is 4.90 Å². The second-order valence-corrected chi connectivity index (χ2v) is 7.97. The van der Waals surface area contributed by atoms with Crippen molar-refractivity contribution in [3.05, 3.63) is 29.8 Å². The van der Waals surface area contributed by atoms with Crippen molar-refractivity contribution in [2.45, 2.75) is 43.5 Å². The Morgan fingerprint density at radius 3 is 2.62 bits per heavy atom. The van der Waals surface area contributed by atoms with Crippen LogP contribution in [0.25, 0.3) is 0 Å². The number of piperidine rings is 1. The van der Waals surface area contributed by atoms with Gasteiger partial charge in [-0.15, -0.1) is 0 Å². The molecule has 1 aliphatic heterocycles. The molecule has 0 unspecified atom stereocenters. The number of hydrogen-bond donors (Lipinski definition) is 0. The van der Waals surface area contributed by atoms with Gasteiger partial charge in [0.15, 0.2) is 16.4 Å². The van der Waals surface area contributed by atoms with Crippen molar-refractivity contribution < 1.29 is 22.7 Å². The highest BCUT2D eigenvalue weighted by atomic mass is 32.2. The zero-order valence-electron chi connectivity index (χ0n) is 14.0. The van der Waals surface area contributed by atoms with E-state index >= 15 is 0 Å². The van der Waals surface area contributed by atoms with Crippen LogP contribution in [0.4, 0.5) is 0 Å². The van der Waals surface area contributed by atoms with Crippen molar-refractivity contribution in [1.29, 1.82) is 0 Å². The number of nitrogens with zero attached hydrogens (tertiary/aromatic N) is 1. The summed E-state index contributed by atoms with van der Waals surface area (Å²) in [5.41, 5.74) is -0.0431. The molecule has 0 saturated carbocycles. The van der Waals surface area contributed by atoms with Gasteiger partial charge in [0.1, 0.15) is 0 Å². The fourth-order valence-electron chi connectivity index (χ4n) is 3.00. The van der Waals surface area contributed by atoms with E-state index in [1.807, 2.05) is 6.92 Å². The molecule has 132 valence electrons. The van der Waals surface area contributed by atoms with Crippen LogP contribution in [-0.2, 0) is 19.4 Å². The van der Waals surface area contributed by atoms with E-state index in [-0.39, 0.29) is 29.0 Å². The molecule has 24 heavy (non-hydrogen) atoms. The Labute approximate surface area is 142 Å².